The highest BCUT2D eigenvalue weighted by molar-refractivity contribution is 5.25. The summed E-state index contributed by atoms with van der Waals surface area (Å²) >= 11 is 0. The fourth-order valence-electron chi connectivity index (χ4n) is 1.19. The van der Waals surface area contributed by atoms with Crippen LogP contribution in [-0.2, 0) is 11.3 Å². The molecule has 0 bridgehead atoms. The van der Waals surface area contributed by atoms with Gasteiger partial charge >= 0.3 is 0 Å². The summed E-state index contributed by atoms with van der Waals surface area (Å²) in [6.07, 6.45) is 2.09. The Bertz CT molecular complexity index is 321. The second kappa shape index (κ2) is 7.14. The minimum Gasteiger partial charge on any atom is -0.475 e. The van der Waals surface area contributed by atoms with E-state index < -0.39 is 5.82 Å². The monoisotopic (exact) mass is 228 g/mol. The molecule has 0 aromatic carbocycles. The van der Waals surface area contributed by atoms with E-state index in [2.05, 4.69) is 4.98 Å². The van der Waals surface area contributed by atoms with E-state index in [9.17, 15) is 4.39 Å². The van der Waals surface area contributed by atoms with Crippen molar-refractivity contribution in [1.29, 1.82) is 0 Å². The summed E-state index contributed by atoms with van der Waals surface area (Å²) in [5.41, 5.74) is 6.02. The van der Waals surface area contributed by atoms with Gasteiger partial charge in [-0.1, -0.05) is 6.92 Å². The zero-order chi connectivity index (χ0) is 11.8. The first kappa shape index (κ1) is 12.9. The molecule has 0 saturated heterocycles. The maximum absolute atomic E-state index is 12.8. The van der Waals surface area contributed by atoms with Crippen LogP contribution in [0.3, 0.4) is 0 Å². The van der Waals surface area contributed by atoms with Gasteiger partial charge < -0.3 is 15.2 Å². The third-order valence-electron chi connectivity index (χ3n) is 1.93. The highest BCUT2D eigenvalue weighted by Crippen LogP contribution is 2.15. The number of hydrogen-bond donors (Lipinski definition) is 1. The molecule has 0 fully saturated rings. The lowest BCUT2D eigenvalue weighted by Crippen LogP contribution is -2.10. The highest BCUT2D eigenvalue weighted by atomic mass is 19.1. The molecule has 1 heterocycles. The first-order chi connectivity index (χ1) is 7.77. The smallest absolute Gasteiger partial charge is 0.218 e. The predicted molar refractivity (Wildman–Crippen MR) is 58.7 cm³/mol. The number of nitrogens with zero attached hydrogens (tertiary/aromatic N) is 1. The van der Waals surface area contributed by atoms with Gasteiger partial charge in [0.2, 0.25) is 5.88 Å². The lowest BCUT2D eigenvalue weighted by atomic mass is 10.3. The second-order valence-electron chi connectivity index (χ2n) is 3.28. The molecule has 5 heteroatoms. The normalized spacial score (nSPS) is 10.4. The average molecular weight is 228 g/mol. The van der Waals surface area contributed by atoms with E-state index in [1.807, 2.05) is 6.92 Å². The van der Waals surface area contributed by atoms with Crippen molar-refractivity contribution in [2.45, 2.75) is 19.9 Å². The fourth-order valence-corrected chi connectivity index (χ4v) is 1.19. The van der Waals surface area contributed by atoms with Crippen LogP contribution in [0.1, 0.15) is 18.9 Å². The molecule has 4 nitrogen and oxygen atoms in total. The summed E-state index contributed by atoms with van der Waals surface area (Å²) in [5.74, 6) is -0.0287. The lowest BCUT2D eigenvalue weighted by Gasteiger charge is -2.09. The molecular formula is C11H17FN2O2. The molecule has 16 heavy (non-hydrogen) atoms. The molecule has 1 aromatic rings. The Morgan fingerprint density at radius 3 is 2.88 bits per heavy atom. The molecule has 90 valence electrons. The Hall–Kier alpha value is -1.20. The summed E-state index contributed by atoms with van der Waals surface area (Å²) < 4.78 is 23.4. The van der Waals surface area contributed by atoms with Gasteiger partial charge in [-0.2, -0.15) is 0 Å². The van der Waals surface area contributed by atoms with Gasteiger partial charge in [0, 0.05) is 18.7 Å². The summed E-state index contributed by atoms with van der Waals surface area (Å²) in [5, 5.41) is 0. The number of aromatic nitrogens is 1. The average Bonchev–Trinajstić information content (AvgIpc) is 2.30. The zero-order valence-electron chi connectivity index (χ0n) is 9.41. The fraction of sp³-hybridized carbons (Fsp3) is 0.545. The molecule has 0 aliphatic heterocycles. The van der Waals surface area contributed by atoms with Gasteiger partial charge in [-0.05, 0) is 12.5 Å². The van der Waals surface area contributed by atoms with Crippen molar-refractivity contribution in [1.82, 2.24) is 4.98 Å². The van der Waals surface area contributed by atoms with Crippen molar-refractivity contribution in [3.8, 4) is 5.88 Å². The number of hydrogen-bond acceptors (Lipinski definition) is 4. The minimum atomic E-state index is -0.407. The van der Waals surface area contributed by atoms with Crippen LogP contribution in [0.4, 0.5) is 4.39 Å². The van der Waals surface area contributed by atoms with Crippen molar-refractivity contribution in [2.75, 3.05) is 19.8 Å². The van der Waals surface area contributed by atoms with Crippen LogP contribution in [0.15, 0.2) is 12.3 Å². The van der Waals surface area contributed by atoms with Gasteiger partial charge in [-0.3, -0.25) is 0 Å². The Morgan fingerprint density at radius 2 is 2.19 bits per heavy atom. The van der Waals surface area contributed by atoms with Crippen molar-refractivity contribution < 1.29 is 13.9 Å². The summed E-state index contributed by atoms with van der Waals surface area (Å²) in [4.78, 5) is 3.83. The third-order valence-corrected chi connectivity index (χ3v) is 1.93. The zero-order valence-corrected chi connectivity index (χ0v) is 9.41. The molecule has 2 N–H and O–H groups in total. The van der Waals surface area contributed by atoms with Crippen LogP contribution in [0.25, 0.3) is 0 Å². The predicted octanol–water partition coefficient (Wildman–Crippen LogP) is 1.48. The van der Waals surface area contributed by atoms with Gasteiger partial charge in [0.1, 0.15) is 12.4 Å². The summed E-state index contributed by atoms with van der Waals surface area (Å²) in [6, 6.07) is 1.33. The molecule has 0 saturated carbocycles. The minimum absolute atomic E-state index is 0.204. The van der Waals surface area contributed by atoms with Crippen LogP contribution in [0, 0.1) is 5.82 Å². The number of rotatable bonds is 7. The Morgan fingerprint density at radius 1 is 1.38 bits per heavy atom. The molecule has 0 atom stereocenters. The third kappa shape index (κ3) is 4.12. The second-order valence-corrected chi connectivity index (χ2v) is 3.28. The van der Waals surface area contributed by atoms with Gasteiger partial charge in [0.25, 0.3) is 0 Å². The molecular weight excluding hydrogens is 211 g/mol. The molecule has 0 spiro atoms. The van der Waals surface area contributed by atoms with Gasteiger partial charge in [0.05, 0.1) is 12.8 Å². The molecule has 0 unspecified atom stereocenters. The van der Waals surface area contributed by atoms with Gasteiger partial charge in [0.15, 0.2) is 0 Å². The van der Waals surface area contributed by atoms with Crippen molar-refractivity contribution in [3.05, 3.63) is 23.6 Å². The number of pyridine rings is 1. The molecule has 0 radical (unpaired) electrons. The van der Waals surface area contributed by atoms with E-state index in [1.165, 1.54) is 6.07 Å². The van der Waals surface area contributed by atoms with Crippen LogP contribution < -0.4 is 10.5 Å². The maximum atomic E-state index is 12.8. The Labute approximate surface area is 94.6 Å². The number of halogens is 1. The maximum Gasteiger partial charge on any atom is 0.218 e. The van der Waals surface area contributed by atoms with Crippen LogP contribution >= 0.6 is 0 Å². The quantitative estimate of drug-likeness (QED) is 0.718. The summed E-state index contributed by atoms with van der Waals surface area (Å²) in [7, 11) is 0. The lowest BCUT2D eigenvalue weighted by molar-refractivity contribution is 0.0986. The molecule has 0 aliphatic carbocycles. The highest BCUT2D eigenvalue weighted by Gasteiger charge is 2.05. The van der Waals surface area contributed by atoms with E-state index in [1.54, 1.807) is 0 Å². The van der Waals surface area contributed by atoms with Crippen LogP contribution in [0.5, 0.6) is 5.88 Å². The number of ether oxygens (including phenoxy) is 2. The molecule has 0 amide bonds. The standard InChI is InChI=1S/C11H17FN2O2/c1-2-3-15-4-5-16-11-9(7-13)6-10(12)8-14-11/h6,8H,2-5,7,13H2,1H3. The van der Waals surface area contributed by atoms with E-state index in [0.29, 0.717) is 31.3 Å². The van der Waals surface area contributed by atoms with E-state index in [0.717, 1.165) is 12.6 Å². The van der Waals surface area contributed by atoms with E-state index >= 15 is 0 Å². The topological polar surface area (TPSA) is 57.4 Å². The SMILES string of the molecule is CCCOCCOc1ncc(F)cc1CN. The van der Waals surface area contributed by atoms with E-state index in [4.69, 9.17) is 15.2 Å². The van der Waals surface area contributed by atoms with E-state index in [-0.39, 0.29) is 6.54 Å². The van der Waals surface area contributed by atoms with Crippen molar-refractivity contribution in [3.63, 3.8) is 0 Å². The van der Waals surface area contributed by atoms with Crippen molar-refractivity contribution in [2.24, 2.45) is 5.73 Å². The number of nitrogens with two attached hydrogens (primary N) is 1. The van der Waals surface area contributed by atoms with Crippen LogP contribution in [0.2, 0.25) is 0 Å². The first-order valence-corrected chi connectivity index (χ1v) is 5.33. The Balaban J connectivity index is 2.41. The Kier molecular flexibility index (Phi) is 5.74. The van der Waals surface area contributed by atoms with Crippen LogP contribution in [-0.4, -0.2) is 24.8 Å². The largest absolute Gasteiger partial charge is 0.475 e. The van der Waals surface area contributed by atoms with Crippen molar-refractivity contribution >= 4 is 0 Å². The molecule has 1 aromatic heterocycles. The molecule has 1 rings (SSSR count). The summed E-state index contributed by atoms with van der Waals surface area (Å²) in [6.45, 7) is 3.84. The molecule has 0 aliphatic rings. The first-order valence-electron chi connectivity index (χ1n) is 5.33. The van der Waals surface area contributed by atoms with Gasteiger partial charge in [-0.25, -0.2) is 9.37 Å². The van der Waals surface area contributed by atoms with Gasteiger partial charge in [-0.15, -0.1) is 0 Å².